The summed E-state index contributed by atoms with van der Waals surface area (Å²) < 4.78 is 5.20. The van der Waals surface area contributed by atoms with Crippen molar-refractivity contribution in [2.24, 2.45) is 0 Å². The summed E-state index contributed by atoms with van der Waals surface area (Å²) in [6.07, 6.45) is 11.5. The van der Waals surface area contributed by atoms with Crippen molar-refractivity contribution >= 4 is 6.08 Å². The first-order valence-electron chi connectivity index (χ1n) is 8.85. The summed E-state index contributed by atoms with van der Waals surface area (Å²) in [7, 11) is 1.70. The molecule has 4 rings (SSSR count). The molecule has 2 heterocycles. The fourth-order valence-corrected chi connectivity index (χ4v) is 4.30. The van der Waals surface area contributed by atoms with Crippen LogP contribution >= 0.6 is 0 Å². The third-order valence-electron chi connectivity index (χ3n) is 5.57. The lowest BCUT2D eigenvalue weighted by molar-refractivity contribution is 0.156. The Morgan fingerprint density at radius 2 is 2.17 bits per heavy atom. The van der Waals surface area contributed by atoms with Crippen LogP contribution in [-0.2, 0) is 11.8 Å². The predicted octanol–water partition coefficient (Wildman–Crippen LogP) is 3.41. The van der Waals surface area contributed by atoms with Gasteiger partial charge in [-0.15, -0.1) is 0 Å². The molecule has 1 spiro atoms. The Hall–Kier alpha value is -2.07. The molecule has 4 nitrogen and oxygen atoms in total. The number of methoxy groups -OCH3 is 1. The number of hydrogen-bond donors (Lipinski definition) is 1. The van der Waals surface area contributed by atoms with Crippen molar-refractivity contribution in [3.05, 3.63) is 53.4 Å². The quantitative estimate of drug-likeness (QED) is 0.937. The number of piperidine rings is 1. The second-order valence-electron chi connectivity index (χ2n) is 7.06. The topological polar surface area (TPSA) is 41.1 Å². The number of nitrogens with one attached hydrogen (secondary N) is 1. The molecule has 1 fully saturated rings. The highest BCUT2D eigenvalue weighted by Crippen LogP contribution is 2.43. The van der Waals surface area contributed by atoms with Gasteiger partial charge < -0.3 is 4.74 Å². The number of likely N-dealkylation sites (tertiary alicyclic amines) is 1. The van der Waals surface area contributed by atoms with Gasteiger partial charge >= 0.3 is 0 Å². The summed E-state index contributed by atoms with van der Waals surface area (Å²) in [4.78, 5) is 2.58. The van der Waals surface area contributed by atoms with Gasteiger partial charge in [-0.1, -0.05) is 24.3 Å². The van der Waals surface area contributed by atoms with Crippen molar-refractivity contribution in [1.29, 1.82) is 0 Å². The molecule has 0 bridgehead atoms. The number of hydrogen-bond acceptors (Lipinski definition) is 3. The van der Waals surface area contributed by atoms with Gasteiger partial charge in [0.15, 0.2) is 0 Å². The molecule has 1 atom stereocenters. The predicted molar refractivity (Wildman–Crippen MR) is 96.3 cm³/mol. The Morgan fingerprint density at radius 1 is 1.29 bits per heavy atom. The lowest BCUT2D eigenvalue weighted by Gasteiger charge is -2.40. The molecule has 0 amide bonds. The maximum atomic E-state index is 5.20. The van der Waals surface area contributed by atoms with Gasteiger partial charge in [0.05, 0.1) is 13.3 Å². The molecule has 4 heteroatoms. The standard InChI is InChI=1S/C20H25N3O/c1-24-18-7-5-16(6-8-18)4-2-12-23-13-3-10-20(15-23)11-9-17-14-21-22-19(17)20/h2,4-8,14H,3,9-13,15H2,1H3,(H,21,22). The van der Waals surface area contributed by atoms with E-state index in [2.05, 4.69) is 39.4 Å². The van der Waals surface area contributed by atoms with Gasteiger partial charge in [0, 0.05) is 24.2 Å². The van der Waals surface area contributed by atoms with Crippen molar-refractivity contribution in [1.82, 2.24) is 15.1 Å². The summed E-state index contributed by atoms with van der Waals surface area (Å²) in [6, 6.07) is 8.21. The second kappa shape index (κ2) is 6.44. The van der Waals surface area contributed by atoms with Crippen molar-refractivity contribution in [2.45, 2.75) is 31.1 Å². The Kier molecular flexibility index (Phi) is 4.15. The zero-order chi connectivity index (χ0) is 16.4. The molecule has 1 aromatic heterocycles. The molecule has 24 heavy (non-hydrogen) atoms. The van der Waals surface area contributed by atoms with E-state index in [1.165, 1.54) is 49.0 Å². The van der Waals surface area contributed by atoms with E-state index in [0.717, 1.165) is 18.8 Å². The summed E-state index contributed by atoms with van der Waals surface area (Å²) in [5.74, 6) is 0.904. The van der Waals surface area contributed by atoms with Crippen LogP contribution < -0.4 is 4.74 Å². The smallest absolute Gasteiger partial charge is 0.118 e. The summed E-state index contributed by atoms with van der Waals surface area (Å²) in [5.41, 5.74) is 4.38. The first kappa shape index (κ1) is 15.5. The van der Waals surface area contributed by atoms with Gasteiger partial charge in [-0.25, -0.2) is 0 Å². The Labute approximate surface area is 143 Å². The zero-order valence-electron chi connectivity index (χ0n) is 14.3. The van der Waals surface area contributed by atoms with Crippen LogP contribution in [0.5, 0.6) is 5.75 Å². The molecule has 126 valence electrons. The average molecular weight is 323 g/mol. The monoisotopic (exact) mass is 323 g/mol. The van der Waals surface area contributed by atoms with E-state index in [1.807, 2.05) is 18.3 Å². The maximum Gasteiger partial charge on any atom is 0.118 e. The second-order valence-corrected chi connectivity index (χ2v) is 7.06. The van der Waals surface area contributed by atoms with Crippen molar-refractivity contribution in [3.63, 3.8) is 0 Å². The number of H-pyrrole nitrogens is 1. The third kappa shape index (κ3) is 2.86. The molecule has 1 aromatic carbocycles. The van der Waals surface area contributed by atoms with Gasteiger partial charge in [0.1, 0.15) is 5.75 Å². The highest BCUT2D eigenvalue weighted by Gasteiger charge is 2.43. The average Bonchev–Trinajstić information content (AvgIpc) is 3.21. The highest BCUT2D eigenvalue weighted by atomic mass is 16.5. The van der Waals surface area contributed by atoms with Gasteiger partial charge in [-0.3, -0.25) is 10.00 Å². The molecular formula is C20H25N3O. The van der Waals surface area contributed by atoms with Gasteiger partial charge in [-0.05, 0) is 55.5 Å². The first-order valence-corrected chi connectivity index (χ1v) is 8.85. The van der Waals surface area contributed by atoms with Crippen LogP contribution in [0.1, 0.15) is 36.1 Å². The molecule has 1 aliphatic heterocycles. The zero-order valence-corrected chi connectivity index (χ0v) is 14.3. The van der Waals surface area contributed by atoms with Crippen molar-refractivity contribution < 1.29 is 4.74 Å². The molecule has 0 saturated carbocycles. The van der Waals surface area contributed by atoms with Crippen molar-refractivity contribution in [3.8, 4) is 5.75 Å². The lowest BCUT2D eigenvalue weighted by atomic mass is 9.77. The van der Waals surface area contributed by atoms with E-state index >= 15 is 0 Å². The molecule has 2 aliphatic rings. The maximum absolute atomic E-state index is 5.20. The van der Waals surface area contributed by atoms with E-state index in [9.17, 15) is 0 Å². The third-order valence-corrected chi connectivity index (χ3v) is 5.57. The summed E-state index contributed by atoms with van der Waals surface area (Å²) in [6.45, 7) is 3.35. The van der Waals surface area contributed by atoms with Crippen LogP contribution in [-0.4, -0.2) is 41.8 Å². The fraction of sp³-hybridized carbons (Fsp3) is 0.450. The highest BCUT2D eigenvalue weighted by molar-refractivity contribution is 5.50. The molecule has 1 unspecified atom stereocenters. The number of ether oxygens (including phenoxy) is 1. The van der Waals surface area contributed by atoms with Crippen LogP contribution in [0.3, 0.4) is 0 Å². The number of aromatic amines is 1. The molecule has 1 N–H and O–H groups in total. The van der Waals surface area contributed by atoms with Crippen LogP contribution in [0.2, 0.25) is 0 Å². The number of aromatic nitrogens is 2. The number of benzene rings is 1. The van der Waals surface area contributed by atoms with E-state index in [0.29, 0.717) is 5.41 Å². The van der Waals surface area contributed by atoms with Gasteiger partial charge in [0.25, 0.3) is 0 Å². The number of fused-ring (bicyclic) bond motifs is 2. The van der Waals surface area contributed by atoms with Gasteiger partial charge in [0.2, 0.25) is 0 Å². The van der Waals surface area contributed by atoms with Crippen LogP contribution in [0.4, 0.5) is 0 Å². The molecule has 0 radical (unpaired) electrons. The lowest BCUT2D eigenvalue weighted by Crippen LogP contribution is -2.45. The SMILES string of the molecule is COc1ccc(C=CCN2CCCC3(CCc4cn[nH]c43)C2)cc1. The Bertz CT molecular complexity index is 719. The normalized spacial score (nSPS) is 23.9. The number of aryl methyl sites for hydroxylation is 1. The largest absolute Gasteiger partial charge is 0.497 e. The van der Waals surface area contributed by atoms with E-state index < -0.39 is 0 Å². The minimum absolute atomic E-state index is 0.317. The van der Waals surface area contributed by atoms with Crippen LogP contribution in [0.15, 0.2) is 36.5 Å². The molecule has 1 aliphatic carbocycles. The molecule has 2 aromatic rings. The molecular weight excluding hydrogens is 298 g/mol. The van der Waals surface area contributed by atoms with E-state index in [1.54, 1.807) is 7.11 Å². The molecule has 1 saturated heterocycles. The minimum Gasteiger partial charge on any atom is -0.497 e. The van der Waals surface area contributed by atoms with Crippen LogP contribution in [0.25, 0.3) is 6.08 Å². The van der Waals surface area contributed by atoms with Crippen molar-refractivity contribution in [2.75, 3.05) is 26.7 Å². The summed E-state index contributed by atoms with van der Waals surface area (Å²) in [5, 5.41) is 7.55. The number of rotatable bonds is 4. The Balaban J connectivity index is 1.39. The minimum atomic E-state index is 0.317. The summed E-state index contributed by atoms with van der Waals surface area (Å²) >= 11 is 0. The first-order chi connectivity index (χ1) is 11.8. The number of nitrogens with zero attached hydrogens (tertiary/aromatic N) is 2. The fourth-order valence-electron chi connectivity index (χ4n) is 4.30. The van der Waals surface area contributed by atoms with Crippen LogP contribution in [0, 0.1) is 0 Å². The van der Waals surface area contributed by atoms with E-state index in [4.69, 9.17) is 4.74 Å². The Morgan fingerprint density at radius 3 is 3.00 bits per heavy atom. The van der Waals surface area contributed by atoms with Gasteiger partial charge in [-0.2, -0.15) is 5.10 Å². The van der Waals surface area contributed by atoms with E-state index in [-0.39, 0.29) is 0 Å².